The molecule has 0 aromatic heterocycles. The summed E-state index contributed by atoms with van der Waals surface area (Å²) in [6.07, 6.45) is 10.2. The van der Waals surface area contributed by atoms with Gasteiger partial charge < -0.3 is 24.4 Å². The largest absolute Gasteiger partial charge is 0.466 e. The Bertz CT molecular complexity index is 846. The highest BCUT2D eigenvalue weighted by Gasteiger charge is 2.72. The number of Topliss-reactive ketones (excluding diaryl/α,β-unsaturated/α-hetero) is 1. The lowest BCUT2D eigenvalue weighted by atomic mass is 9.41. The van der Waals surface area contributed by atoms with E-state index >= 15 is 0 Å². The minimum Gasteiger partial charge on any atom is -0.466 e. The summed E-state index contributed by atoms with van der Waals surface area (Å²) >= 11 is 0. The summed E-state index contributed by atoms with van der Waals surface area (Å²) in [4.78, 5) is 24.6. The molecule has 0 amide bonds. The molecule has 0 saturated heterocycles. The number of carbonyl (C=O) groups excluding carboxylic acids is 2. The topological polar surface area (TPSA) is 102 Å². The van der Waals surface area contributed by atoms with Crippen LogP contribution in [-0.2, 0) is 23.8 Å². The molecule has 4 aliphatic carbocycles. The second kappa shape index (κ2) is 11.8. The van der Waals surface area contributed by atoms with Gasteiger partial charge in [0.05, 0.1) is 12.7 Å². The van der Waals surface area contributed by atoms with Gasteiger partial charge in [-0.2, -0.15) is 0 Å². The molecule has 0 radical (unpaired) electrons. The van der Waals surface area contributed by atoms with E-state index in [-0.39, 0.29) is 53.2 Å². The first kappa shape index (κ1) is 30.0. The molecule has 7 nitrogen and oxygen atoms in total. The van der Waals surface area contributed by atoms with E-state index in [0.29, 0.717) is 24.9 Å². The third kappa shape index (κ3) is 5.22. The highest BCUT2D eigenvalue weighted by atomic mass is 16.7. The van der Waals surface area contributed by atoms with Crippen molar-refractivity contribution < 1.29 is 34.0 Å². The molecule has 0 spiro atoms. The number of unbranched alkanes of at least 4 members (excludes halogenated alkanes) is 3. The smallest absolute Gasteiger partial charge is 0.302 e. The fourth-order valence-electron chi connectivity index (χ4n) is 9.71. The Morgan fingerprint density at radius 2 is 1.71 bits per heavy atom. The first-order chi connectivity index (χ1) is 18.0. The van der Waals surface area contributed by atoms with Crippen LogP contribution >= 0.6 is 0 Å². The number of hydrogen-bond acceptors (Lipinski definition) is 7. The average molecular weight is 537 g/mol. The van der Waals surface area contributed by atoms with E-state index in [1.54, 1.807) is 7.11 Å². The highest BCUT2D eigenvalue weighted by molar-refractivity contribution is 5.89. The van der Waals surface area contributed by atoms with Gasteiger partial charge in [0.25, 0.3) is 0 Å². The third-order valence-corrected chi connectivity index (χ3v) is 11.6. The molecule has 4 saturated carbocycles. The van der Waals surface area contributed by atoms with Crippen molar-refractivity contribution in [1.82, 2.24) is 0 Å². The predicted molar refractivity (Wildman–Crippen MR) is 144 cm³/mol. The fraction of sp³-hybridized carbons (Fsp3) is 0.935. The third-order valence-electron chi connectivity index (χ3n) is 11.6. The lowest BCUT2D eigenvalue weighted by Crippen LogP contribution is -2.73. The molecular weight excluding hydrogens is 484 g/mol. The zero-order valence-electron chi connectivity index (χ0n) is 24.4. The standard InChI is InChI=1S/C31H52O7/c1-20(10-8-6-7-9-17-37-21(2)32)23-11-12-25-29(23,3)16-14-26-30(4)15-13-22(38-19-36-5)18-24(30)27(33)28(34)31(25,26)35/h20,22-26,28,34-35H,6-19H2,1-5H3/t20-,22+,23-,24-,25-,26?,28-,29-,30+,31+/m1/s1. The zero-order valence-corrected chi connectivity index (χ0v) is 24.4. The molecule has 38 heavy (non-hydrogen) atoms. The highest BCUT2D eigenvalue weighted by Crippen LogP contribution is 2.69. The van der Waals surface area contributed by atoms with Gasteiger partial charge in [-0.1, -0.05) is 46.5 Å². The molecule has 0 aromatic rings. The summed E-state index contributed by atoms with van der Waals surface area (Å²) in [5.41, 5.74) is -1.72. The van der Waals surface area contributed by atoms with Gasteiger partial charge in [-0.05, 0) is 85.9 Å². The van der Waals surface area contributed by atoms with Crippen LogP contribution in [0.1, 0.15) is 105 Å². The van der Waals surface area contributed by atoms with Crippen molar-refractivity contribution >= 4 is 11.8 Å². The SMILES string of the molecule is COCO[C@H]1CC[C@]2(C)C3CC[C@]4(C)[C@@H]([C@H](C)CCCCCCOC(C)=O)CC[C@H]4[C@@]3(O)[C@H](O)C(=O)[C@H]2C1. The lowest BCUT2D eigenvalue weighted by molar-refractivity contribution is -0.259. The predicted octanol–water partition coefficient (Wildman–Crippen LogP) is 5.05. The van der Waals surface area contributed by atoms with Gasteiger partial charge in [0.1, 0.15) is 18.5 Å². The number of fused-ring (bicyclic) bond motifs is 5. The quantitative estimate of drug-likeness (QED) is 0.216. The lowest BCUT2D eigenvalue weighted by Gasteiger charge is -2.65. The van der Waals surface area contributed by atoms with Gasteiger partial charge in [0, 0.05) is 20.0 Å². The maximum atomic E-state index is 13.7. The number of ether oxygens (including phenoxy) is 3. The molecule has 0 bridgehead atoms. The molecule has 218 valence electrons. The molecule has 10 atom stereocenters. The van der Waals surface area contributed by atoms with Crippen molar-refractivity contribution in [2.75, 3.05) is 20.5 Å². The van der Waals surface area contributed by atoms with Crippen LogP contribution < -0.4 is 0 Å². The maximum Gasteiger partial charge on any atom is 0.302 e. The minimum atomic E-state index is -1.35. The monoisotopic (exact) mass is 536 g/mol. The van der Waals surface area contributed by atoms with Crippen LogP contribution in [0.25, 0.3) is 0 Å². The number of hydrogen-bond donors (Lipinski definition) is 2. The van der Waals surface area contributed by atoms with Crippen molar-refractivity contribution in [2.45, 2.75) is 123 Å². The molecule has 4 rings (SSSR count). The summed E-state index contributed by atoms with van der Waals surface area (Å²) in [6, 6.07) is 0. The van der Waals surface area contributed by atoms with E-state index in [1.165, 1.54) is 6.92 Å². The first-order valence-corrected chi connectivity index (χ1v) is 15.2. The molecule has 0 heterocycles. The fourth-order valence-corrected chi connectivity index (χ4v) is 9.71. The van der Waals surface area contributed by atoms with E-state index in [9.17, 15) is 19.8 Å². The first-order valence-electron chi connectivity index (χ1n) is 15.2. The van der Waals surface area contributed by atoms with E-state index in [2.05, 4.69) is 20.8 Å². The Kier molecular flexibility index (Phi) is 9.33. The summed E-state index contributed by atoms with van der Waals surface area (Å²) in [5, 5.41) is 24.0. The van der Waals surface area contributed by atoms with Crippen LogP contribution in [0.2, 0.25) is 0 Å². The van der Waals surface area contributed by atoms with Crippen LogP contribution in [0, 0.1) is 40.4 Å². The van der Waals surface area contributed by atoms with Crippen LogP contribution in [-0.4, -0.2) is 60.3 Å². The second-order valence-corrected chi connectivity index (χ2v) is 13.6. The van der Waals surface area contributed by atoms with Gasteiger partial charge in [-0.3, -0.25) is 9.59 Å². The number of esters is 1. The maximum absolute atomic E-state index is 13.7. The summed E-state index contributed by atoms with van der Waals surface area (Å²) in [5.74, 6) is 0.240. The van der Waals surface area contributed by atoms with E-state index in [1.807, 2.05) is 0 Å². The summed E-state index contributed by atoms with van der Waals surface area (Å²) in [6.45, 7) is 9.06. The van der Waals surface area contributed by atoms with Crippen molar-refractivity contribution in [3.05, 3.63) is 0 Å². The Labute approximate surface area is 229 Å². The van der Waals surface area contributed by atoms with Gasteiger partial charge in [-0.15, -0.1) is 0 Å². The van der Waals surface area contributed by atoms with Crippen LogP contribution in [0.5, 0.6) is 0 Å². The molecule has 1 unspecified atom stereocenters. The Morgan fingerprint density at radius 1 is 1.03 bits per heavy atom. The summed E-state index contributed by atoms with van der Waals surface area (Å²) in [7, 11) is 1.60. The molecule has 0 aliphatic heterocycles. The molecule has 4 fully saturated rings. The number of aliphatic hydroxyl groups is 2. The van der Waals surface area contributed by atoms with Gasteiger partial charge in [-0.25, -0.2) is 0 Å². The van der Waals surface area contributed by atoms with Crippen LogP contribution in [0.3, 0.4) is 0 Å². The molecule has 7 heteroatoms. The van der Waals surface area contributed by atoms with Crippen molar-refractivity contribution in [2.24, 2.45) is 40.4 Å². The number of aliphatic hydroxyl groups excluding tert-OH is 1. The van der Waals surface area contributed by atoms with E-state index in [4.69, 9.17) is 14.2 Å². The minimum absolute atomic E-state index is 0.0393. The molecule has 4 aliphatic rings. The number of methoxy groups -OCH3 is 1. The van der Waals surface area contributed by atoms with Gasteiger partial charge in [0.2, 0.25) is 0 Å². The molecular formula is C31H52O7. The van der Waals surface area contributed by atoms with E-state index in [0.717, 1.165) is 70.6 Å². The molecule has 2 N–H and O–H groups in total. The zero-order chi connectivity index (χ0) is 27.7. The number of ketones is 1. The normalized spacial score (nSPS) is 43.2. The second-order valence-electron chi connectivity index (χ2n) is 13.6. The summed E-state index contributed by atoms with van der Waals surface area (Å²) < 4.78 is 15.9. The van der Waals surface area contributed by atoms with Gasteiger partial charge in [0.15, 0.2) is 5.78 Å². The van der Waals surface area contributed by atoms with Crippen LogP contribution in [0.4, 0.5) is 0 Å². The van der Waals surface area contributed by atoms with Crippen molar-refractivity contribution in [3.8, 4) is 0 Å². The number of carbonyl (C=O) groups is 2. The Morgan fingerprint density at radius 3 is 2.42 bits per heavy atom. The van der Waals surface area contributed by atoms with Crippen molar-refractivity contribution in [1.29, 1.82) is 0 Å². The van der Waals surface area contributed by atoms with Gasteiger partial charge >= 0.3 is 5.97 Å². The Balaban J connectivity index is 1.42. The van der Waals surface area contributed by atoms with Crippen molar-refractivity contribution in [3.63, 3.8) is 0 Å². The molecule has 0 aromatic carbocycles. The number of rotatable bonds is 11. The average Bonchev–Trinajstić information content (AvgIpc) is 3.24. The Hall–Kier alpha value is -1.02. The van der Waals surface area contributed by atoms with Crippen LogP contribution in [0.15, 0.2) is 0 Å². The van der Waals surface area contributed by atoms with E-state index < -0.39 is 11.7 Å².